The Morgan fingerprint density at radius 1 is 1.05 bits per heavy atom. The highest BCUT2D eigenvalue weighted by molar-refractivity contribution is 6.38. The number of anilines is 1. The summed E-state index contributed by atoms with van der Waals surface area (Å²) in [6.45, 7) is 1.78. The first-order chi connectivity index (χ1) is 9.91. The van der Waals surface area contributed by atoms with Crippen LogP contribution in [-0.2, 0) is 0 Å². The summed E-state index contributed by atoms with van der Waals surface area (Å²) in [5, 5.41) is 11.9. The molecule has 0 atom stereocenters. The number of carboxylic acids is 1. The van der Waals surface area contributed by atoms with E-state index in [1.165, 1.54) is 12.1 Å². The molecule has 2 aromatic rings. The van der Waals surface area contributed by atoms with Gasteiger partial charge in [-0.3, -0.25) is 4.79 Å². The lowest BCUT2D eigenvalue weighted by atomic mass is 10.1. The predicted octanol–water partition coefficient (Wildman–Crippen LogP) is 4.25. The van der Waals surface area contributed by atoms with Gasteiger partial charge < -0.3 is 10.4 Å². The minimum atomic E-state index is -1.26. The second-order valence-corrected chi connectivity index (χ2v) is 5.17. The Labute approximate surface area is 131 Å². The number of carbonyl (C=O) groups is 2. The second-order valence-electron chi connectivity index (χ2n) is 4.35. The molecule has 0 saturated carbocycles. The molecule has 2 aromatic carbocycles. The van der Waals surface area contributed by atoms with Crippen LogP contribution in [0.15, 0.2) is 36.4 Å². The molecular weight excluding hydrogens is 313 g/mol. The Bertz CT molecular complexity index is 729. The maximum Gasteiger partial charge on any atom is 0.339 e. The van der Waals surface area contributed by atoms with Crippen LogP contribution in [0.4, 0.5) is 5.69 Å². The lowest BCUT2D eigenvalue weighted by molar-refractivity contribution is 0.0698. The van der Waals surface area contributed by atoms with E-state index in [4.69, 9.17) is 23.2 Å². The van der Waals surface area contributed by atoms with Gasteiger partial charge in [0.05, 0.1) is 15.7 Å². The number of amides is 1. The van der Waals surface area contributed by atoms with Gasteiger partial charge in [0.25, 0.3) is 5.91 Å². The average molecular weight is 324 g/mol. The van der Waals surface area contributed by atoms with Crippen LogP contribution in [0.1, 0.15) is 26.3 Å². The van der Waals surface area contributed by atoms with Crippen LogP contribution in [0, 0.1) is 6.92 Å². The van der Waals surface area contributed by atoms with Crippen LogP contribution in [0.2, 0.25) is 10.0 Å². The van der Waals surface area contributed by atoms with E-state index in [-0.39, 0.29) is 21.3 Å². The molecule has 0 fully saturated rings. The largest absolute Gasteiger partial charge is 0.478 e. The van der Waals surface area contributed by atoms with Crippen molar-refractivity contribution in [2.45, 2.75) is 6.92 Å². The van der Waals surface area contributed by atoms with Crippen LogP contribution in [0.3, 0.4) is 0 Å². The van der Waals surface area contributed by atoms with Gasteiger partial charge in [-0.25, -0.2) is 4.79 Å². The van der Waals surface area contributed by atoms with Crippen molar-refractivity contribution in [3.63, 3.8) is 0 Å². The summed E-state index contributed by atoms with van der Waals surface area (Å²) in [5.74, 6) is -1.71. The van der Waals surface area contributed by atoms with Gasteiger partial charge in [-0.2, -0.15) is 0 Å². The van der Waals surface area contributed by atoms with Crippen LogP contribution >= 0.6 is 23.2 Å². The molecule has 0 saturated heterocycles. The Hall–Kier alpha value is -2.04. The average Bonchev–Trinajstić information content (AvgIpc) is 2.43. The molecule has 2 rings (SSSR count). The molecule has 4 nitrogen and oxygen atoms in total. The van der Waals surface area contributed by atoms with Gasteiger partial charge in [-0.1, -0.05) is 41.4 Å². The van der Waals surface area contributed by atoms with E-state index in [2.05, 4.69) is 5.32 Å². The molecular formula is C15H11Cl2NO3. The van der Waals surface area contributed by atoms with E-state index in [0.29, 0.717) is 5.56 Å². The highest BCUT2D eigenvalue weighted by atomic mass is 35.5. The normalized spacial score (nSPS) is 10.2. The topological polar surface area (TPSA) is 66.4 Å². The summed E-state index contributed by atoms with van der Waals surface area (Å²) in [6, 6.07) is 9.76. The van der Waals surface area contributed by atoms with Crippen molar-refractivity contribution in [1.82, 2.24) is 0 Å². The third kappa shape index (κ3) is 3.17. The summed E-state index contributed by atoms with van der Waals surface area (Å²) in [5.41, 5.74) is 0.964. The van der Waals surface area contributed by atoms with E-state index in [1.807, 2.05) is 0 Å². The Kier molecular flexibility index (Phi) is 4.50. The maximum absolute atomic E-state index is 12.3. The van der Waals surface area contributed by atoms with Crippen molar-refractivity contribution in [3.05, 3.63) is 63.1 Å². The zero-order chi connectivity index (χ0) is 15.6. The van der Waals surface area contributed by atoms with Crippen LogP contribution in [-0.4, -0.2) is 17.0 Å². The number of rotatable bonds is 3. The molecule has 0 spiro atoms. The van der Waals surface area contributed by atoms with Crippen LogP contribution in [0.5, 0.6) is 0 Å². The number of carbonyl (C=O) groups excluding carboxylic acids is 1. The van der Waals surface area contributed by atoms with Crippen molar-refractivity contribution in [2.24, 2.45) is 0 Å². The monoisotopic (exact) mass is 323 g/mol. The quantitative estimate of drug-likeness (QED) is 0.887. The fourth-order valence-electron chi connectivity index (χ4n) is 1.89. The lowest BCUT2D eigenvalue weighted by Gasteiger charge is -2.12. The number of nitrogens with one attached hydrogen (secondary N) is 1. The number of aryl methyl sites for hydroxylation is 1. The maximum atomic E-state index is 12.3. The molecule has 0 radical (unpaired) electrons. The summed E-state index contributed by atoms with van der Waals surface area (Å²) in [6.07, 6.45) is 0. The highest BCUT2D eigenvalue weighted by Gasteiger charge is 2.20. The minimum Gasteiger partial charge on any atom is -0.478 e. The molecule has 0 bridgehead atoms. The molecule has 0 aliphatic heterocycles. The highest BCUT2D eigenvalue weighted by Crippen LogP contribution is 2.32. The molecule has 0 aliphatic rings. The second kappa shape index (κ2) is 6.16. The molecule has 1 amide bonds. The van der Waals surface area contributed by atoms with Crippen molar-refractivity contribution in [2.75, 3.05) is 5.32 Å². The summed E-state index contributed by atoms with van der Waals surface area (Å²) >= 11 is 11.8. The molecule has 2 N–H and O–H groups in total. The van der Waals surface area contributed by atoms with E-state index < -0.39 is 11.9 Å². The van der Waals surface area contributed by atoms with E-state index in [1.54, 1.807) is 31.2 Å². The zero-order valence-electron chi connectivity index (χ0n) is 11.0. The minimum absolute atomic E-state index is 0.00647. The molecule has 0 aromatic heterocycles. The Balaban J connectivity index is 2.45. The van der Waals surface area contributed by atoms with Gasteiger partial charge in [0, 0.05) is 5.56 Å². The van der Waals surface area contributed by atoms with Gasteiger partial charge in [-0.15, -0.1) is 0 Å². The fourth-order valence-corrected chi connectivity index (χ4v) is 2.33. The van der Waals surface area contributed by atoms with E-state index in [0.717, 1.165) is 5.56 Å². The number of hydrogen-bond donors (Lipinski definition) is 2. The molecule has 6 heteroatoms. The third-order valence-corrected chi connectivity index (χ3v) is 3.58. The van der Waals surface area contributed by atoms with Crippen molar-refractivity contribution in [3.8, 4) is 0 Å². The van der Waals surface area contributed by atoms with Gasteiger partial charge >= 0.3 is 5.97 Å². The van der Waals surface area contributed by atoms with Crippen LogP contribution < -0.4 is 5.32 Å². The van der Waals surface area contributed by atoms with Crippen molar-refractivity contribution in [1.29, 1.82) is 0 Å². The summed E-state index contributed by atoms with van der Waals surface area (Å²) < 4.78 is 0. The van der Waals surface area contributed by atoms with Crippen molar-refractivity contribution >= 4 is 40.8 Å². The fraction of sp³-hybridized carbons (Fsp3) is 0.0667. The zero-order valence-corrected chi connectivity index (χ0v) is 12.5. The van der Waals surface area contributed by atoms with Gasteiger partial charge in [0.1, 0.15) is 5.56 Å². The molecule has 0 aliphatic carbocycles. The standard InChI is InChI=1S/C15H11Cl2NO3/c1-8-4-2-3-5-9(8)14(19)18-13-11(17)7-6-10(16)12(13)15(20)21/h2-7H,1H3,(H,18,19)(H,20,21). The Morgan fingerprint density at radius 3 is 2.29 bits per heavy atom. The molecule has 0 heterocycles. The molecule has 0 unspecified atom stereocenters. The lowest BCUT2D eigenvalue weighted by Crippen LogP contribution is -2.16. The smallest absolute Gasteiger partial charge is 0.339 e. The Morgan fingerprint density at radius 2 is 1.67 bits per heavy atom. The number of aromatic carboxylic acids is 1. The van der Waals surface area contributed by atoms with Gasteiger partial charge in [0.2, 0.25) is 0 Å². The summed E-state index contributed by atoms with van der Waals surface area (Å²) in [7, 11) is 0. The number of carboxylic acid groups (broad SMARTS) is 1. The third-order valence-electron chi connectivity index (χ3n) is 2.95. The van der Waals surface area contributed by atoms with Crippen LogP contribution in [0.25, 0.3) is 0 Å². The van der Waals surface area contributed by atoms with Gasteiger partial charge in [0.15, 0.2) is 0 Å². The number of halogens is 2. The molecule has 108 valence electrons. The number of hydrogen-bond acceptors (Lipinski definition) is 2. The molecule has 21 heavy (non-hydrogen) atoms. The van der Waals surface area contributed by atoms with E-state index in [9.17, 15) is 14.7 Å². The van der Waals surface area contributed by atoms with E-state index >= 15 is 0 Å². The van der Waals surface area contributed by atoms with Gasteiger partial charge in [-0.05, 0) is 30.7 Å². The number of benzene rings is 2. The first-order valence-electron chi connectivity index (χ1n) is 6.00. The SMILES string of the molecule is Cc1ccccc1C(=O)Nc1c(Cl)ccc(Cl)c1C(=O)O. The first-order valence-corrected chi connectivity index (χ1v) is 6.75. The van der Waals surface area contributed by atoms with Crippen molar-refractivity contribution < 1.29 is 14.7 Å². The summed E-state index contributed by atoms with van der Waals surface area (Å²) in [4.78, 5) is 23.6. The predicted molar refractivity (Wildman–Crippen MR) is 82.6 cm³/mol. The first kappa shape index (κ1) is 15.4.